The number of benzene rings is 5. The molecule has 2 aliphatic heterocycles. The Morgan fingerprint density at radius 2 is 0.679 bits per heavy atom. The van der Waals surface area contributed by atoms with E-state index in [9.17, 15) is 5.11 Å². The van der Waals surface area contributed by atoms with Crippen molar-refractivity contribution in [3.63, 3.8) is 0 Å². The van der Waals surface area contributed by atoms with Crippen LogP contribution in [0, 0.1) is 0 Å². The Balaban J connectivity index is 1.19. The molecule has 5 aromatic carbocycles. The van der Waals surface area contributed by atoms with E-state index in [1.165, 1.54) is 0 Å². The minimum absolute atomic E-state index is 0.244. The van der Waals surface area contributed by atoms with E-state index < -0.39 is 61.4 Å². The fourth-order valence-corrected chi connectivity index (χ4v) is 7.21. The third-order valence-electron chi connectivity index (χ3n) is 10.2. The highest BCUT2D eigenvalue weighted by Gasteiger charge is 2.52. The van der Waals surface area contributed by atoms with Crippen molar-refractivity contribution in [3.05, 3.63) is 179 Å². The lowest BCUT2D eigenvalue weighted by Gasteiger charge is -2.49. The molecule has 5 aromatic rings. The second kappa shape index (κ2) is 20.2. The minimum Gasteiger partial charge on any atom is -0.368 e. The standard InChI is InChI=1S/C47H52O9/c1-33-40(49-28-35-18-8-3-9-19-35)42(50-29-36-20-10-4-11-21-36)45(53-32-39-26-16-7-17-27-39)47(55-33)56-41-34(2)54-46(48)44(52-31-38-24-14-6-15-25-38)43(41)51-30-37-22-12-5-13-23-37/h3-27,33-34,40-48H,28-32H2,1-2H3/t33-,34-,40+,41+,42+,43+,44-,45-,46-,47-/m1/s1. The van der Waals surface area contributed by atoms with E-state index in [0.717, 1.165) is 27.8 Å². The summed E-state index contributed by atoms with van der Waals surface area (Å²) in [6, 6.07) is 49.8. The van der Waals surface area contributed by atoms with Gasteiger partial charge in [0.15, 0.2) is 12.6 Å². The van der Waals surface area contributed by atoms with Crippen molar-refractivity contribution in [3.8, 4) is 0 Å². The number of aliphatic hydroxyl groups is 1. The van der Waals surface area contributed by atoms with E-state index in [1.807, 2.05) is 166 Å². The Hall–Kier alpha value is -4.26. The van der Waals surface area contributed by atoms with Crippen LogP contribution in [0.5, 0.6) is 0 Å². The van der Waals surface area contributed by atoms with E-state index in [0.29, 0.717) is 13.2 Å². The van der Waals surface area contributed by atoms with E-state index in [2.05, 4.69) is 0 Å². The highest BCUT2D eigenvalue weighted by molar-refractivity contribution is 5.17. The van der Waals surface area contributed by atoms with Gasteiger partial charge < -0.3 is 43.0 Å². The number of hydrogen-bond donors (Lipinski definition) is 1. The molecule has 2 heterocycles. The molecule has 2 fully saturated rings. The summed E-state index contributed by atoms with van der Waals surface area (Å²) < 4.78 is 53.2. The lowest BCUT2D eigenvalue weighted by atomic mass is 9.96. The lowest BCUT2D eigenvalue weighted by Crippen LogP contribution is -2.64. The van der Waals surface area contributed by atoms with E-state index in [-0.39, 0.29) is 19.8 Å². The van der Waals surface area contributed by atoms with Gasteiger partial charge in [-0.1, -0.05) is 152 Å². The Morgan fingerprint density at radius 1 is 0.375 bits per heavy atom. The first kappa shape index (κ1) is 40.0. The molecule has 9 nitrogen and oxygen atoms in total. The molecule has 0 unspecified atom stereocenters. The van der Waals surface area contributed by atoms with Crippen molar-refractivity contribution < 1.29 is 43.0 Å². The summed E-state index contributed by atoms with van der Waals surface area (Å²) in [4.78, 5) is 0. The quantitative estimate of drug-likeness (QED) is 0.102. The molecule has 294 valence electrons. The maximum Gasteiger partial charge on any atom is 0.187 e. The Kier molecular flexibility index (Phi) is 14.4. The second-order valence-corrected chi connectivity index (χ2v) is 14.3. The molecule has 0 amide bonds. The molecule has 0 bridgehead atoms. The number of aliphatic hydroxyl groups excluding tert-OH is 1. The second-order valence-electron chi connectivity index (χ2n) is 14.3. The van der Waals surface area contributed by atoms with Gasteiger partial charge in [-0.15, -0.1) is 0 Å². The van der Waals surface area contributed by atoms with Gasteiger partial charge in [0.2, 0.25) is 0 Å². The van der Waals surface area contributed by atoms with Crippen LogP contribution in [0.15, 0.2) is 152 Å². The molecule has 2 aliphatic rings. The molecular formula is C47H52O9. The van der Waals surface area contributed by atoms with Gasteiger partial charge in [0, 0.05) is 0 Å². The fourth-order valence-electron chi connectivity index (χ4n) is 7.21. The maximum absolute atomic E-state index is 11.3. The van der Waals surface area contributed by atoms with E-state index in [1.54, 1.807) is 0 Å². The zero-order chi connectivity index (χ0) is 38.5. The number of hydrogen-bond acceptors (Lipinski definition) is 9. The van der Waals surface area contributed by atoms with Crippen LogP contribution in [0.2, 0.25) is 0 Å². The van der Waals surface area contributed by atoms with Gasteiger partial charge in [0.25, 0.3) is 0 Å². The van der Waals surface area contributed by atoms with Crippen LogP contribution in [0.25, 0.3) is 0 Å². The number of rotatable bonds is 17. The number of ether oxygens (including phenoxy) is 8. The van der Waals surface area contributed by atoms with Gasteiger partial charge in [0.1, 0.15) is 36.6 Å². The summed E-state index contributed by atoms with van der Waals surface area (Å²) in [5.74, 6) is 0. The first-order chi connectivity index (χ1) is 27.5. The normalized spacial score (nSPS) is 27.8. The smallest absolute Gasteiger partial charge is 0.187 e. The van der Waals surface area contributed by atoms with Crippen LogP contribution >= 0.6 is 0 Å². The third kappa shape index (κ3) is 10.8. The Labute approximate surface area is 330 Å². The highest BCUT2D eigenvalue weighted by Crippen LogP contribution is 2.35. The molecule has 1 N–H and O–H groups in total. The summed E-state index contributed by atoms with van der Waals surface area (Å²) in [5, 5.41) is 11.3. The third-order valence-corrected chi connectivity index (χ3v) is 10.2. The van der Waals surface area contributed by atoms with Gasteiger partial charge in [-0.2, -0.15) is 0 Å². The van der Waals surface area contributed by atoms with Crippen LogP contribution in [0.4, 0.5) is 0 Å². The van der Waals surface area contributed by atoms with Gasteiger partial charge in [0.05, 0.1) is 45.2 Å². The molecule has 0 aliphatic carbocycles. The Morgan fingerprint density at radius 3 is 1.07 bits per heavy atom. The van der Waals surface area contributed by atoms with Crippen molar-refractivity contribution in [2.45, 2.75) is 108 Å². The molecule has 0 radical (unpaired) electrons. The zero-order valence-corrected chi connectivity index (χ0v) is 32.0. The minimum atomic E-state index is -1.26. The summed E-state index contributed by atoms with van der Waals surface area (Å²) in [6.07, 6.45) is -7.47. The van der Waals surface area contributed by atoms with Gasteiger partial charge in [-0.3, -0.25) is 0 Å². The molecule has 0 aromatic heterocycles. The van der Waals surface area contributed by atoms with E-state index in [4.69, 9.17) is 37.9 Å². The van der Waals surface area contributed by atoms with Crippen LogP contribution in [-0.4, -0.2) is 66.5 Å². The van der Waals surface area contributed by atoms with E-state index >= 15 is 0 Å². The van der Waals surface area contributed by atoms with Crippen LogP contribution in [0.1, 0.15) is 41.7 Å². The first-order valence-electron chi connectivity index (χ1n) is 19.4. The summed E-state index contributed by atoms with van der Waals surface area (Å²) in [5.41, 5.74) is 4.97. The topological polar surface area (TPSA) is 94.1 Å². The average Bonchev–Trinajstić information content (AvgIpc) is 3.24. The molecule has 2 saturated heterocycles. The van der Waals surface area contributed by atoms with Crippen molar-refractivity contribution in [2.75, 3.05) is 0 Å². The molecule has 10 atom stereocenters. The molecule has 0 spiro atoms. The molecular weight excluding hydrogens is 709 g/mol. The van der Waals surface area contributed by atoms with Crippen molar-refractivity contribution in [1.82, 2.24) is 0 Å². The van der Waals surface area contributed by atoms with Crippen LogP contribution < -0.4 is 0 Å². The van der Waals surface area contributed by atoms with Gasteiger partial charge >= 0.3 is 0 Å². The molecule has 7 rings (SSSR count). The summed E-state index contributed by atoms with van der Waals surface area (Å²) in [7, 11) is 0. The predicted molar refractivity (Wildman–Crippen MR) is 211 cm³/mol. The maximum atomic E-state index is 11.3. The van der Waals surface area contributed by atoms with Crippen molar-refractivity contribution in [1.29, 1.82) is 0 Å². The SMILES string of the molecule is C[C@H]1O[C@@H](O)[C@H](OCc2ccccc2)[C@@H](OCc2ccccc2)[C@H]1O[C@H]1O[C@H](C)[C@H](OCc2ccccc2)[C@H](OCc2ccccc2)[C@H]1OCc1ccccc1. The molecule has 0 saturated carbocycles. The van der Waals surface area contributed by atoms with Gasteiger partial charge in [-0.25, -0.2) is 0 Å². The fraction of sp³-hybridized carbons (Fsp3) is 0.362. The average molecular weight is 761 g/mol. The summed E-state index contributed by atoms with van der Waals surface area (Å²) >= 11 is 0. The van der Waals surface area contributed by atoms with Gasteiger partial charge in [-0.05, 0) is 41.7 Å². The monoisotopic (exact) mass is 760 g/mol. The molecule has 56 heavy (non-hydrogen) atoms. The molecule has 9 heteroatoms. The summed E-state index contributed by atoms with van der Waals surface area (Å²) in [6.45, 7) is 5.32. The lowest BCUT2D eigenvalue weighted by molar-refractivity contribution is -0.366. The van der Waals surface area contributed by atoms with Crippen LogP contribution in [0.3, 0.4) is 0 Å². The Bertz CT molecular complexity index is 1830. The largest absolute Gasteiger partial charge is 0.368 e. The van der Waals surface area contributed by atoms with Crippen molar-refractivity contribution in [2.24, 2.45) is 0 Å². The zero-order valence-electron chi connectivity index (χ0n) is 32.0. The highest BCUT2D eigenvalue weighted by atomic mass is 16.7. The van der Waals surface area contributed by atoms with Crippen LogP contribution in [-0.2, 0) is 70.9 Å². The van der Waals surface area contributed by atoms with Crippen molar-refractivity contribution >= 4 is 0 Å². The first-order valence-corrected chi connectivity index (χ1v) is 19.4. The predicted octanol–water partition coefficient (Wildman–Crippen LogP) is 7.78.